The highest BCUT2D eigenvalue weighted by molar-refractivity contribution is 6.32. The second-order valence-corrected chi connectivity index (χ2v) is 14.5. The highest BCUT2D eigenvalue weighted by Crippen LogP contribution is 2.64. The Morgan fingerprint density at radius 1 is 0.887 bits per heavy atom. The summed E-state index contributed by atoms with van der Waals surface area (Å²) in [6.45, 7) is 1.91. The summed E-state index contributed by atoms with van der Waals surface area (Å²) in [6, 6.07) is 23.4. The first-order valence-corrected chi connectivity index (χ1v) is 17.5. The SMILES string of the molecule is CC12C(=O)N(c3ccc(F)c(Cl)c3)C(=O)C1CC1C(=CCC3C(=O)N(c4cccc(C(=O)O)c4)C(=O)C31)C2c1ccc(OCc2ccccc2)cc1O. The van der Waals surface area contributed by atoms with Gasteiger partial charge in [-0.2, -0.15) is 0 Å². The van der Waals surface area contributed by atoms with Gasteiger partial charge in [0.25, 0.3) is 0 Å². The Hall–Kier alpha value is -5.81. The third kappa shape index (κ3) is 5.32. The minimum atomic E-state index is -1.47. The monoisotopic (exact) mass is 734 g/mol. The number of hydrogen-bond acceptors (Lipinski definition) is 7. The standard InChI is InChI=1S/C41H32ClFN2O8/c1-41-30(37(48)45(40(41)52)24-10-15-32(43)31(42)17-24)19-29-26(35(41)27-12-11-25(18-33(27)46)53-20-21-6-3-2-4-7-21)13-14-28-34(29)38(49)44(36(28)47)23-9-5-8-22(16-23)39(50)51/h2-13,15-18,28-30,34-35,46H,14,19-20H2,1H3,(H,50,51). The number of phenols is 1. The Morgan fingerprint density at radius 3 is 2.36 bits per heavy atom. The summed E-state index contributed by atoms with van der Waals surface area (Å²) in [7, 11) is 0. The van der Waals surface area contributed by atoms with Crippen molar-refractivity contribution in [3.05, 3.63) is 130 Å². The van der Waals surface area contributed by atoms with E-state index in [0.29, 0.717) is 16.9 Å². The molecule has 2 aliphatic heterocycles. The summed E-state index contributed by atoms with van der Waals surface area (Å²) in [5.41, 5.74) is 0.539. The summed E-state index contributed by atoms with van der Waals surface area (Å²) in [5, 5.41) is 21.0. The van der Waals surface area contributed by atoms with E-state index in [0.717, 1.165) is 21.4 Å². The third-order valence-electron chi connectivity index (χ3n) is 11.3. The molecule has 0 radical (unpaired) electrons. The molecule has 0 bridgehead atoms. The second kappa shape index (κ2) is 12.7. The Morgan fingerprint density at radius 2 is 1.64 bits per heavy atom. The maximum atomic E-state index is 14.7. The Kier molecular flexibility index (Phi) is 8.21. The van der Waals surface area contributed by atoms with E-state index in [-0.39, 0.29) is 47.2 Å². The van der Waals surface area contributed by atoms with Crippen molar-refractivity contribution in [1.82, 2.24) is 0 Å². The smallest absolute Gasteiger partial charge is 0.335 e. The molecule has 53 heavy (non-hydrogen) atoms. The maximum Gasteiger partial charge on any atom is 0.335 e. The average Bonchev–Trinajstić information content (AvgIpc) is 3.52. The number of phenolic OH excluding ortho intramolecular Hbond substituents is 1. The number of hydrogen-bond donors (Lipinski definition) is 2. The lowest BCUT2D eigenvalue weighted by atomic mass is 9.51. The van der Waals surface area contributed by atoms with Crippen LogP contribution in [-0.4, -0.2) is 39.8 Å². The van der Waals surface area contributed by atoms with Gasteiger partial charge < -0.3 is 14.9 Å². The lowest BCUT2D eigenvalue weighted by Crippen LogP contribution is -2.48. The van der Waals surface area contributed by atoms with E-state index in [4.69, 9.17) is 16.3 Å². The van der Waals surface area contributed by atoms with E-state index in [9.17, 15) is 38.6 Å². The zero-order valence-electron chi connectivity index (χ0n) is 28.2. The van der Waals surface area contributed by atoms with Crippen LogP contribution in [0.5, 0.6) is 11.5 Å². The topological polar surface area (TPSA) is 142 Å². The number of fused-ring (bicyclic) bond motifs is 4. The first kappa shape index (κ1) is 34.3. The van der Waals surface area contributed by atoms with Crippen LogP contribution in [0, 0.1) is 34.9 Å². The average molecular weight is 735 g/mol. The van der Waals surface area contributed by atoms with Crippen molar-refractivity contribution in [3.8, 4) is 11.5 Å². The van der Waals surface area contributed by atoms with Crippen LogP contribution >= 0.6 is 11.6 Å². The number of anilines is 2. The van der Waals surface area contributed by atoms with Crippen LogP contribution in [0.25, 0.3) is 0 Å². The molecule has 2 saturated heterocycles. The molecule has 12 heteroatoms. The highest BCUT2D eigenvalue weighted by atomic mass is 35.5. The van der Waals surface area contributed by atoms with Gasteiger partial charge in [-0.1, -0.05) is 65.7 Å². The largest absolute Gasteiger partial charge is 0.508 e. The number of aromatic hydroxyl groups is 1. The summed E-state index contributed by atoms with van der Waals surface area (Å²) < 4.78 is 20.2. The number of imide groups is 2. The van der Waals surface area contributed by atoms with Crippen molar-refractivity contribution in [2.45, 2.75) is 32.3 Å². The molecule has 2 N–H and O–H groups in total. The van der Waals surface area contributed by atoms with Gasteiger partial charge in [0.15, 0.2) is 0 Å². The molecule has 6 unspecified atom stereocenters. The molecule has 1 saturated carbocycles. The fourth-order valence-corrected chi connectivity index (χ4v) is 9.04. The maximum absolute atomic E-state index is 14.7. The molecule has 2 heterocycles. The first-order chi connectivity index (χ1) is 25.4. The van der Waals surface area contributed by atoms with Gasteiger partial charge in [-0.25, -0.2) is 14.1 Å². The van der Waals surface area contributed by atoms with Crippen LogP contribution in [0.15, 0.2) is 103 Å². The fourth-order valence-electron chi connectivity index (χ4n) is 8.86. The van der Waals surface area contributed by atoms with Crippen LogP contribution in [0.2, 0.25) is 5.02 Å². The molecule has 0 aromatic heterocycles. The van der Waals surface area contributed by atoms with Crippen molar-refractivity contribution in [1.29, 1.82) is 0 Å². The van der Waals surface area contributed by atoms with E-state index in [1.165, 1.54) is 42.5 Å². The summed E-state index contributed by atoms with van der Waals surface area (Å²) in [6.07, 6.45) is 2.03. The molecule has 4 aromatic carbocycles. The number of carbonyl (C=O) groups excluding carboxylic acids is 4. The predicted octanol–water partition coefficient (Wildman–Crippen LogP) is 6.90. The number of allylic oxidation sites excluding steroid dienone is 2. The van der Waals surface area contributed by atoms with Crippen molar-refractivity contribution in [2.24, 2.45) is 29.1 Å². The van der Waals surface area contributed by atoms with Crippen molar-refractivity contribution in [2.75, 3.05) is 9.80 Å². The van der Waals surface area contributed by atoms with Crippen LogP contribution < -0.4 is 14.5 Å². The molecule has 4 aromatic rings. The van der Waals surface area contributed by atoms with Crippen LogP contribution in [0.1, 0.15) is 47.2 Å². The number of carbonyl (C=O) groups is 5. The van der Waals surface area contributed by atoms with Crippen LogP contribution in [-0.2, 0) is 25.8 Å². The van der Waals surface area contributed by atoms with Gasteiger partial charge in [-0.05, 0) is 73.7 Å². The number of benzene rings is 4. The van der Waals surface area contributed by atoms with Gasteiger partial charge in [0.2, 0.25) is 23.6 Å². The minimum absolute atomic E-state index is 0.0387. The van der Waals surface area contributed by atoms with Crippen molar-refractivity contribution >= 4 is 52.6 Å². The van der Waals surface area contributed by atoms with Crippen LogP contribution in [0.4, 0.5) is 15.8 Å². The molecule has 0 spiro atoms. The fraction of sp³-hybridized carbons (Fsp3) is 0.244. The molecule has 268 valence electrons. The molecule has 2 aliphatic carbocycles. The van der Waals surface area contributed by atoms with E-state index in [1.54, 1.807) is 19.1 Å². The summed E-state index contributed by atoms with van der Waals surface area (Å²) in [5.74, 6) is -8.25. The van der Waals surface area contributed by atoms with Crippen LogP contribution in [0.3, 0.4) is 0 Å². The molecule has 10 nitrogen and oxygen atoms in total. The summed E-state index contributed by atoms with van der Waals surface area (Å²) in [4.78, 5) is 71.2. The lowest BCUT2D eigenvalue weighted by Gasteiger charge is -2.49. The van der Waals surface area contributed by atoms with E-state index < -0.39 is 70.4 Å². The quantitative estimate of drug-likeness (QED) is 0.154. The number of nitrogens with zero attached hydrogens (tertiary/aromatic N) is 2. The zero-order chi connectivity index (χ0) is 37.3. The van der Waals surface area contributed by atoms with E-state index in [1.807, 2.05) is 36.4 Å². The normalized spacial score (nSPS) is 26.2. The number of carboxylic acid groups (broad SMARTS) is 1. The highest BCUT2D eigenvalue weighted by Gasteiger charge is 2.68. The molecule has 4 aliphatic rings. The van der Waals surface area contributed by atoms with Gasteiger partial charge in [-0.3, -0.25) is 24.1 Å². The number of rotatable bonds is 7. The van der Waals surface area contributed by atoms with Gasteiger partial charge >= 0.3 is 5.97 Å². The number of aromatic carboxylic acids is 1. The van der Waals surface area contributed by atoms with Gasteiger partial charge in [-0.15, -0.1) is 0 Å². The number of amides is 4. The van der Waals surface area contributed by atoms with Crippen molar-refractivity contribution in [3.63, 3.8) is 0 Å². The Labute approximate surface area is 308 Å². The number of carboxylic acids is 1. The number of ether oxygens (including phenoxy) is 1. The third-order valence-corrected chi connectivity index (χ3v) is 11.6. The zero-order valence-corrected chi connectivity index (χ0v) is 29.0. The Bertz CT molecular complexity index is 2280. The second-order valence-electron chi connectivity index (χ2n) is 14.1. The number of halogens is 2. The molecule has 3 fully saturated rings. The van der Waals surface area contributed by atoms with Gasteiger partial charge in [0.1, 0.15) is 23.9 Å². The predicted molar refractivity (Wildman–Crippen MR) is 191 cm³/mol. The lowest BCUT2D eigenvalue weighted by molar-refractivity contribution is -0.131. The molecule has 4 amide bonds. The molecule has 6 atom stereocenters. The van der Waals surface area contributed by atoms with Crippen molar-refractivity contribution < 1.29 is 43.3 Å². The molecular formula is C41H32ClFN2O8. The van der Waals surface area contributed by atoms with E-state index >= 15 is 0 Å². The van der Waals surface area contributed by atoms with E-state index in [2.05, 4.69) is 0 Å². The minimum Gasteiger partial charge on any atom is -0.508 e. The Balaban J connectivity index is 1.22. The summed E-state index contributed by atoms with van der Waals surface area (Å²) >= 11 is 6.10. The first-order valence-electron chi connectivity index (χ1n) is 17.1. The molecular weight excluding hydrogens is 703 g/mol. The van der Waals surface area contributed by atoms with Gasteiger partial charge in [0, 0.05) is 17.5 Å². The molecule has 8 rings (SSSR count). The van der Waals surface area contributed by atoms with Gasteiger partial charge in [0.05, 0.1) is 45.1 Å².